The number of aromatic nitrogens is 2. The van der Waals surface area contributed by atoms with Crippen molar-refractivity contribution in [1.29, 1.82) is 0 Å². The average Bonchev–Trinajstić information content (AvgIpc) is 2.45. The van der Waals surface area contributed by atoms with Crippen molar-refractivity contribution in [2.45, 2.75) is 19.1 Å². The van der Waals surface area contributed by atoms with Crippen molar-refractivity contribution in [1.82, 2.24) is 10.2 Å². The molecule has 0 amide bonds. The molecule has 0 saturated carbocycles. The number of halogens is 3. The Labute approximate surface area is 119 Å². The number of nitrogen functional groups attached to an aromatic ring is 1. The Bertz CT molecular complexity index is 652. The molecule has 1 aromatic carbocycles. The molecule has 0 saturated heterocycles. The van der Waals surface area contributed by atoms with E-state index >= 15 is 0 Å². The number of fused-ring (bicyclic) bond motifs is 1. The van der Waals surface area contributed by atoms with E-state index in [4.69, 9.17) is 5.73 Å². The van der Waals surface area contributed by atoms with Gasteiger partial charge in [0.1, 0.15) is 0 Å². The summed E-state index contributed by atoms with van der Waals surface area (Å²) in [4.78, 5) is 1.90. The number of benzene rings is 1. The van der Waals surface area contributed by atoms with E-state index in [0.717, 1.165) is 18.1 Å². The van der Waals surface area contributed by atoms with Gasteiger partial charge < -0.3 is 10.6 Å². The molecule has 4 nitrogen and oxygen atoms in total. The van der Waals surface area contributed by atoms with Gasteiger partial charge in [0.15, 0.2) is 11.5 Å². The van der Waals surface area contributed by atoms with E-state index in [1.807, 2.05) is 23.1 Å². The maximum Gasteiger partial charge on any atom is 0.435 e. The van der Waals surface area contributed by atoms with Crippen LogP contribution in [0.15, 0.2) is 30.3 Å². The SMILES string of the molecule is Nc1ccc2c(c1)CN(c1ccc(C(F)(F)F)nn1)CC2. The monoisotopic (exact) mass is 294 g/mol. The first-order valence-corrected chi connectivity index (χ1v) is 6.46. The van der Waals surface area contributed by atoms with Crippen LogP contribution in [0.5, 0.6) is 0 Å². The van der Waals surface area contributed by atoms with Crippen molar-refractivity contribution >= 4 is 11.5 Å². The van der Waals surface area contributed by atoms with E-state index in [9.17, 15) is 13.2 Å². The first-order valence-electron chi connectivity index (χ1n) is 6.46. The summed E-state index contributed by atoms with van der Waals surface area (Å²) in [6.07, 6.45) is -3.66. The van der Waals surface area contributed by atoms with E-state index in [1.54, 1.807) is 0 Å². The number of alkyl halides is 3. The van der Waals surface area contributed by atoms with Gasteiger partial charge in [0.2, 0.25) is 0 Å². The first kappa shape index (κ1) is 13.7. The average molecular weight is 294 g/mol. The highest BCUT2D eigenvalue weighted by Crippen LogP contribution is 2.29. The highest BCUT2D eigenvalue weighted by Gasteiger charge is 2.33. The number of hydrogen-bond donors (Lipinski definition) is 1. The Morgan fingerprint density at radius 1 is 1.05 bits per heavy atom. The molecule has 7 heteroatoms. The summed E-state index contributed by atoms with van der Waals surface area (Å²) in [5.74, 6) is 0.441. The number of nitrogens with zero attached hydrogens (tertiary/aromatic N) is 3. The summed E-state index contributed by atoms with van der Waals surface area (Å²) in [6.45, 7) is 1.26. The van der Waals surface area contributed by atoms with Gasteiger partial charge in [-0.15, -0.1) is 10.2 Å². The minimum atomic E-state index is -4.46. The molecule has 0 radical (unpaired) electrons. The van der Waals surface area contributed by atoms with Gasteiger partial charge in [-0.2, -0.15) is 13.2 Å². The fourth-order valence-electron chi connectivity index (χ4n) is 2.42. The molecule has 3 rings (SSSR count). The van der Waals surface area contributed by atoms with Gasteiger partial charge in [-0.3, -0.25) is 0 Å². The van der Waals surface area contributed by atoms with Crippen molar-refractivity contribution in [3.05, 3.63) is 47.2 Å². The first-order chi connectivity index (χ1) is 9.93. The van der Waals surface area contributed by atoms with Crippen LogP contribution < -0.4 is 10.6 Å². The smallest absolute Gasteiger partial charge is 0.399 e. The number of hydrogen-bond acceptors (Lipinski definition) is 4. The lowest BCUT2D eigenvalue weighted by Gasteiger charge is -2.29. The zero-order valence-electron chi connectivity index (χ0n) is 11.1. The highest BCUT2D eigenvalue weighted by molar-refractivity contribution is 5.49. The van der Waals surface area contributed by atoms with Crippen LogP contribution in [0.4, 0.5) is 24.7 Å². The van der Waals surface area contributed by atoms with E-state index in [0.29, 0.717) is 24.6 Å². The molecule has 0 atom stereocenters. The summed E-state index contributed by atoms with van der Waals surface area (Å²) >= 11 is 0. The topological polar surface area (TPSA) is 55.0 Å². The lowest BCUT2D eigenvalue weighted by molar-refractivity contribution is -0.141. The van der Waals surface area contributed by atoms with E-state index in [-0.39, 0.29) is 0 Å². The van der Waals surface area contributed by atoms with Gasteiger partial charge in [0, 0.05) is 18.8 Å². The molecule has 0 fully saturated rings. The van der Waals surface area contributed by atoms with Gasteiger partial charge in [-0.1, -0.05) is 6.07 Å². The maximum atomic E-state index is 12.5. The summed E-state index contributed by atoms with van der Waals surface area (Å²) in [6, 6.07) is 8.04. The van der Waals surface area contributed by atoms with Gasteiger partial charge >= 0.3 is 6.18 Å². The Morgan fingerprint density at radius 3 is 2.52 bits per heavy atom. The largest absolute Gasteiger partial charge is 0.435 e. The lowest BCUT2D eigenvalue weighted by Crippen LogP contribution is -2.31. The van der Waals surface area contributed by atoms with Crippen LogP contribution in [-0.2, 0) is 19.1 Å². The second-order valence-electron chi connectivity index (χ2n) is 4.97. The minimum Gasteiger partial charge on any atom is -0.399 e. The van der Waals surface area contributed by atoms with Crippen LogP contribution in [0.25, 0.3) is 0 Å². The molecule has 0 spiro atoms. The quantitative estimate of drug-likeness (QED) is 0.822. The molecule has 21 heavy (non-hydrogen) atoms. The van der Waals surface area contributed by atoms with Crippen molar-refractivity contribution < 1.29 is 13.2 Å². The van der Waals surface area contributed by atoms with Crippen LogP contribution >= 0.6 is 0 Å². The van der Waals surface area contributed by atoms with Crippen molar-refractivity contribution in [2.24, 2.45) is 0 Å². The van der Waals surface area contributed by atoms with Crippen LogP contribution in [0.3, 0.4) is 0 Å². The second-order valence-corrected chi connectivity index (χ2v) is 4.97. The minimum absolute atomic E-state index is 0.441. The molecule has 2 N–H and O–H groups in total. The molecular formula is C14H13F3N4. The van der Waals surface area contributed by atoms with Crippen molar-refractivity contribution in [3.63, 3.8) is 0 Å². The normalized spacial score (nSPS) is 14.9. The van der Waals surface area contributed by atoms with Gasteiger partial charge in [-0.05, 0) is 41.8 Å². The Kier molecular flexibility index (Phi) is 3.19. The molecule has 1 aromatic heterocycles. The standard InChI is InChI=1S/C14H13F3N4/c15-14(16,17)12-3-4-13(20-19-12)21-6-5-9-1-2-11(18)7-10(9)8-21/h1-4,7H,5-6,8,18H2. The maximum absolute atomic E-state index is 12.5. The van der Waals surface area contributed by atoms with Crippen LogP contribution in [0, 0.1) is 0 Å². The summed E-state index contributed by atoms with van der Waals surface area (Å²) in [5.41, 5.74) is 7.74. The van der Waals surface area contributed by atoms with Crippen LogP contribution in [-0.4, -0.2) is 16.7 Å². The number of rotatable bonds is 1. The van der Waals surface area contributed by atoms with Crippen molar-refractivity contribution in [3.8, 4) is 0 Å². The lowest BCUT2D eigenvalue weighted by atomic mass is 9.99. The summed E-state index contributed by atoms with van der Waals surface area (Å²) in [7, 11) is 0. The van der Waals surface area contributed by atoms with Gasteiger partial charge in [-0.25, -0.2) is 0 Å². The second kappa shape index (κ2) is 4.91. The van der Waals surface area contributed by atoms with Gasteiger partial charge in [0.05, 0.1) is 0 Å². The molecule has 1 aliphatic heterocycles. The van der Waals surface area contributed by atoms with Gasteiger partial charge in [0.25, 0.3) is 0 Å². The Balaban J connectivity index is 1.83. The molecule has 110 valence electrons. The van der Waals surface area contributed by atoms with E-state index in [2.05, 4.69) is 10.2 Å². The van der Waals surface area contributed by atoms with Crippen molar-refractivity contribution in [2.75, 3.05) is 17.2 Å². The zero-order chi connectivity index (χ0) is 15.0. The predicted molar refractivity (Wildman–Crippen MR) is 72.6 cm³/mol. The molecule has 2 aromatic rings. The molecule has 0 unspecified atom stereocenters. The zero-order valence-corrected chi connectivity index (χ0v) is 11.1. The third-order valence-electron chi connectivity index (χ3n) is 3.51. The Hall–Kier alpha value is -2.31. The number of nitrogens with two attached hydrogens (primary N) is 1. The Morgan fingerprint density at radius 2 is 1.86 bits per heavy atom. The molecule has 1 aliphatic rings. The molecule has 0 aliphatic carbocycles. The fraction of sp³-hybridized carbons (Fsp3) is 0.286. The van der Waals surface area contributed by atoms with Crippen LogP contribution in [0.2, 0.25) is 0 Å². The third-order valence-corrected chi connectivity index (χ3v) is 3.51. The molecule has 2 heterocycles. The van der Waals surface area contributed by atoms with E-state index in [1.165, 1.54) is 11.6 Å². The fourth-order valence-corrected chi connectivity index (χ4v) is 2.42. The number of anilines is 2. The van der Waals surface area contributed by atoms with Crippen LogP contribution in [0.1, 0.15) is 16.8 Å². The molecule has 0 bridgehead atoms. The van der Waals surface area contributed by atoms with E-state index < -0.39 is 11.9 Å². The molecular weight excluding hydrogens is 281 g/mol. The highest BCUT2D eigenvalue weighted by atomic mass is 19.4. The summed E-state index contributed by atoms with van der Waals surface area (Å²) < 4.78 is 37.4. The predicted octanol–water partition coefficient (Wildman–Crippen LogP) is 2.64. The third kappa shape index (κ3) is 2.76. The summed E-state index contributed by atoms with van der Waals surface area (Å²) in [5, 5.41) is 6.95.